The Bertz CT molecular complexity index is 498. The molecule has 1 aliphatic heterocycles. The number of hydrogen-bond donors (Lipinski definition) is 1. The van der Waals surface area contributed by atoms with Crippen molar-refractivity contribution in [3.63, 3.8) is 0 Å². The molecule has 0 atom stereocenters. The van der Waals surface area contributed by atoms with Crippen molar-refractivity contribution in [2.45, 2.75) is 17.7 Å². The topological polar surface area (TPSA) is 91.5 Å². The molecule has 2 rings (SSSR count). The summed E-state index contributed by atoms with van der Waals surface area (Å²) >= 11 is 0. The van der Waals surface area contributed by atoms with Crippen molar-refractivity contribution in [1.29, 1.82) is 0 Å². The lowest BCUT2D eigenvalue weighted by Crippen LogP contribution is -2.22. The summed E-state index contributed by atoms with van der Waals surface area (Å²) in [6.45, 7) is 1.87. The molecule has 1 aliphatic rings. The van der Waals surface area contributed by atoms with E-state index in [0.717, 1.165) is 26.1 Å². The first-order chi connectivity index (χ1) is 8.57. The second kappa shape index (κ2) is 5.64. The van der Waals surface area contributed by atoms with Gasteiger partial charge in [-0.1, -0.05) is 0 Å². The van der Waals surface area contributed by atoms with Crippen LogP contribution >= 0.6 is 0 Å². The molecule has 0 spiro atoms. The maximum absolute atomic E-state index is 11.3. The molecule has 7 heteroatoms. The number of nitrogens with zero attached hydrogens (tertiary/aromatic N) is 1. The highest BCUT2D eigenvalue weighted by molar-refractivity contribution is 7.89. The van der Waals surface area contributed by atoms with Gasteiger partial charge in [0.25, 0.3) is 0 Å². The fourth-order valence-electron chi connectivity index (χ4n) is 1.81. The Balaban J connectivity index is 2.05. The Hall–Kier alpha value is -1.18. The zero-order valence-corrected chi connectivity index (χ0v) is 10.7. The summed E-state index contributed by atoms with van der Waals surface area (Å²) < 4.78 is 33.4. The first kappa shape index (κ1) is 13.3. The highest BCUT2D eigenvalue weighted by Gasteiger charge is 2.19. The van der Waals surface area contributed by atoms with Crippen LogP contribution < -0.4 is 9.88 Å². The molecule has 18 heavy (non-hydrogen) atoms. The number of pyridine rings is 1. The van der Waals surface area contributed by atoms with Gasteiger partial charge >= 0.3 is 0 Å². The van der Waals surface area contributed by atoms with E-state index < -0.39 is 10.0 Å². The molecule has 0 radical (unpaired) electrons. The normalized spacial score (nSPS) is 17.6. The predicted molar refractivity (Wildman–Crippen MR) is 64.6 cm³/mol. The average Bonchev–Trinajstić information content (AvgIpc) is 2.37. The van der Waals surface area contributed by atoms with Crippen LogP contribution in [0, 0.1) is 5.92 Å². The predicted octanol–water partition coefficient (Wildman–Crippen LogP) is 0.534. The number of hydrogen-bond acceptors (Lipinski definition) is 5. The lowest BCUT2D eigenvalue weighted by Gasteiger charge is -2.22. The average molecular weight is 272 g/mol. The van der Waals surface area contributed by atoms with E-state index in [1.165, 1.54) is 18.3 Å². The lowest BCUT2D eigenvalue weighted by atomic mass is 10.0. The first-order valence-corrected chi connectivity index (χ1v) is 7.30. The van der Waals surface area contributed by atoms with Gasteiger partial charge < -0.3 is 9.47 Å². The van der Waals surface area contributed by atoms with Crippen LogP contribution in [0.1, 0.15) is 12.8 Å². The van der Waals surface area contributed by atoms with Gasteiger partial charge in [0, 0.05) is 19.4 Å². The van der Waals surface area contributed by atoms with Crippen molar-refractivity contribution >= 4 is 10.0 Å². The summed E-state index contributed by atoms with van der Waals surface area (Å²) in [6.07, 6.45) is 3.31. The largest absolute Gasteiger partial charge is 0.476 e. The minimum Gasteiger partial charge on any atom is -0.476 e. The van der Waals surface area contributed by atoms with E-state index >= 15 is 0 Å². The van der Waals surface area contributed by atoms with E-state index in [1.807, 2.05) is 0 Å². The van der Waals surface area contributed by atoms with Crippen LogP contribution in [0.15, 0.2) is 23.2 Å². The highest BCUT2D eigenvalue weighted by Crippen LogP contribution is 2.21. The van der Waals surface area contributed by atoms with Crippen molar-refractivity contribution in [3.8, 4) is 5.88 Å². The van der Waals surface area contributed by atoms with Crippen LogP contribution in [-0.2, 0) is 14.8 Å². The van der Waals surface area contributed by atoms with Gasteiger partial charge in [-0.25, -0.2) is 18.5 Å². The van der Waals surface area contributed by atoms with Crippen LogP contribution in [0.2, 0.25) is 0 Å². The fraction of sp³-hybridized carbons (Fsp3) is 0.545. The molecule has 1 fully saturated rings. The molecule has 1 aromatic heterocycles. The Kier molecular flexibility index (Phi) is 4.15. The number of aromatic nitrogens is 1. The highest BCUT2D eigenvalue weighted by atomic mass is 32.2. The van der Waals surface area contributed by atoms with E-state index in [-0.39, 0.29) is 10.8 Å². The zero-order chi connectivity index (χ0) is 13.0. The molecule has 0 saturated carbocycles. The lowest BCUT2D eigenvalue weighted by molar-refractivity contribution is 0.0485. The molecule has 0 aliphatic carbocycles. The van der Waals surface area contributed by atoms with Gasteiger partial charge in [-0.3, -0.25) is 0 Å². The molecule has 0 unspecified atom stereocenters. The van der Waals surface area contributed by atoms with Gasteiger partial charge in [0.15, 0.2) is 0 Å². The van der Waals surface area contributed by atoms with E-state index in [9.17, 15) is 8.42 Å². The van der Waals surface area contributed by atoms with Gasteiger partial charge in [-0.05, 0) is 30.9 Å². The number of ether oxygens (including phenoxy) is 2. The molecule has 1 saturated heterocycles. The number of sulfonamides is 1. The molecular weight excluding hydrogens is 256 g/mol. The van der Waals surface area contributed by atoms with Gasteiger partial charge in [0.2, 0.25) is 15.9 Å². The molecule has 2 N–H and O–H groups in total. The van der Waals surface area contributed by atoms with E-state index in [2.05, 4.69) is 4.98 Å². The van der Waals surface area contributed by atoms with Crippen LogP contribution in [0.4, 0.5) is 0 Å². The molecule has 0 amide bonds. The number of primary sulfonamides is 1. The quantitative estimate of drug-likeness (QED) is 0.863. The summed E-state index contributed by atoms with van der Waals surface area (Å²) in [5, 5.41) is 5.10. The smallest absolute Gasteiger partial charge is 0.243 e. The van der Waals surface area contributed by atoms with Crippen molar-refractivity contribution in [1.82, 2.24) is 4.98 Å². The van der Waals surface area contributed by atoms with E-state index in [4.69, 9.17) is 14.6 Å². The van der Waals surface area contributed by atoms with E-state index in [0.29, 0.717) is 12.5 Å². The Labute approximate surface area is 106 Å². The number of rotatable bonds is 4. The Morgan fingerprint density at radius 2 is 2.17 bits per heavy atom. The fourth-order valence-corrected chi connectivity index (χ4v) is 2.43. The van der Waals surface area contributed by atoms with Gasteiger partial charge in [-0.15, -0.1) is 0 Å². The SMILES string of the molecule is NS(=O)(=O)c1cccnc1OCC1CCOCC1. The van der Waals surface area contributed by atoms with E-state index in [1.54, 1.807) is 0 Å². The summed E-state index contributed by atoms with van der Waals surface area (Å²) in [5.41, 5.74) is 0. The maximum atomic E-state index is 11.3. The van der Waals surface area contributed by atoms with Crippen LogP contribution in [0.3, 0.4) is 0 Å². The van der Waals surface area contributed by atoms with Crippen molar-refractivity contribution in [2.75, 3.05) is 19.8 Å². The second-order valence-electron chi connectivity index (χ2n) is 4.22. The minimum atomic E-state index is -3.80. The van der Waals surface area contributed by atoms with Gasteiger partial charge in [-0.2, -0.15) is 0 Å². The molecule has 100 valence electrons. The van der Waals surface area contributed by atoms with Crippen molar-refractivity contribution in [3.05, 3.63) is 18.3 Å². The molecule has 0 bridgehead atoms. The monoisotopic (exact) mass is 272 g/mol. The summed E-state index contributed by atoms with van der Waals surface area (Å²) in [6, 6.07) is 2.91. The molecule has 0 aromatic carbocycles. The summed E-state index contributed by atoms with van der Waals surface area (Å²) in [4.78, 5) is 3.84. The van der Waals surface area contributed by atoms with Crippen LogP contribution in [0.5, 0.6) is 5.88 Å². The Morgan fingerprint density at radius 3 is 2.83 bits per heavy atom. The van der Waals surface area contributed by atoms with Crippen LogP contribution in [0.25, 0.3) is 0 Å². The number of nitrogens with two attached hydrogens (primary N) is 1. The summed E-state index contributed by atoms with van der Waals surface area (Å²) in [5.74, 6) is 0.445. The Morgan fingerprint density at radius 1 is 1.44 bits per heavy atom. The molecular formula is C11H16N2O4S. The molecule has 6 nitrogen and oxygen atoms in total. The van der Waals surface area contributed by atoms with Gasteiger partial charge in [0.1, 0.15) is 4.90 Å². The zero-order valence-electron chi connectivity index (χ0n) is 9.91. The third-order valence-electron chi connectivity index (χ3n) is 2.84. The second-order valence-corrected chi connectivity index (χ2v) is 5.75. The molecule has 1 aromatic rings. The van der Waals surface area contributed by atoms with Gasteiger partial charge in [0.05, 0.1) is 6.61 Å². The maximum Gasteiger partial charge on any atom is 0.243 e. The third kappa shape index (κ3) is 3.41. The van der Waals surface area contributed by atoms with Crippen LogP contribution in [-0.4, -0.2) is 33.2 Å². The first-order valence-electron chi connectivity index (χ1n) is 5.76. The minimum absolute atomic E-state index is 0.0722. The van der Waals surface area contributed by atoms with Crippen molar-refractivity contribution < 1.29 is 17.9 Å². The molecule has 2 heterocycles. The van der Waals surface area contributed by atoms with Crippen molar-refractivity contribution in [2.24, 2.45) is 11.1 Å². The summed E-state index contributed by atoms with van der Waals surface area (Å²) in [7, 11) is -3.80. The standard InChI is InChI=1S/C11H16N2O4S/c12-18(14,15)10-2-1-5-13-11(10)17-8-9-3-6-16-7-4-9/h1-2,5,9H,3-4,6-8H2,(H2,12,14,15). The third-order valence-corrected chi connectivity index (χ3v) is 3.76.